The van der Waals surface area contributed by atoms with E-state index in [2.05, 4.69) is 10.4 Å². The Morgan fingerprint density at radius 2 is 2.19 bits per heavy atom. The molecule has 7 nitrogen and oxygen atoms in total. The van der Waals surface area contributed by atoms with Gasteiger partial charge in [0.15, 0.2) is 5.75 Å². The highest BCUT2D eigenvalue weighted by Crippen LogP contribution is 2.32. The van der Waals surface area contributed by atoms with Gasteiger partial charge in [0, 0.05) is 11.8 Å². The first-order valence-electron chi connectivity index (χ1n) is 6.50. The Labute approximate surface area is 122 Å². The van der Waals surface area contributed by atoms with E-state index in [-0.39, 0.29) is 6.61 Å². The molecule has 2 N–H and O–H groups in total. The highest BCUT2D eigenvalue weighted by atomic mass is 16.6. The number of aliphatic hydroxyl groups is 1. The molecular weight excluding hydrogens is 274 g/mol. The van der Waals surface area contributed by atoms with Crippen LogP contribution in [0.3, 0.4) is 0 Å². The molecule has 0 aliphatic rings. The average Bonchev–Trinajstić information content (AvgIpc) is 2.79. The Hall–Kier alpha value is -2.28. The average molecular weight is 293 g/mol. The second-order valence-electron chi connectivity index (χ2n) is 5.51. The Balaban J connectivity index is 2.38. The van der Waals surface area contributed by atoms with E-state index in [1.54, 1.807) is 43.7 Å². The van der Waals surface area contributed by atoms with E-state index in [9.17, 15) is 9.90 Å². The number of hydrogen-bond acceptors (Lipinski definition) is 5. The van der Waals surface area contributed by atoms with Gasteiger partial charge in [0.1, 0.15) is 11.1 Å². The maximum absolute atomic E-state index is 11.9. The van der Waals surface area contributed by atoms with Gasteiger partial charge in [-0.2, -0.15) is 5.10 Å². The van der Waals surface area contributed by atoms with Crippen LogP contribution in [0, 0.1) is 0 Å². The molecular formula is C14H19N3O4. The zero-order valence-electron chi connectivity index (χ0n) is 12.5. The molecule has 0 spiro atoms. The van der Waals surface area contributed by atoms with Gasteiger partial charge in [-0.3, -0.25) is 5.32 Å². The van der Waals surface area contributed by atoms with Gasteiger partial charge < -0.3 is 14.6 Å². The summed E-state index contributed by atoms with van der Waals surface area (Å²) in [6, 6.07) is 1.66. The summed E-state index contributed by atoms with van der Waals surface area (Å²) < 4.78 is 12.1. The second kappa shape index (κ2) is 5.61. The quantitative estimate of drug-likeness (QED) is 0.906. The van der Waals surface area contributed by atoms with Gasteiger partial charge in [-0.05, 0) is 26.8 Å². The van der Waals surface area contributed by atoms with E-state index in [0.29, 0.717) is 22.5 Å². The van der Waals surface area contributed by atoms with Crippen LogP contribution >= 0.6 is 0 Å². The predicted octanol–water partition coefficient (Wildman–Crippen LogP) is 2.18. The van der Waals surface area contributed by atoms with E-state index in [0.717, 1.165) is 0 Å². The fourth-order valence-corrected chi connectivity index (χ4v) is 1.94. The van der Waals surface area contributed by atoms with Crippen molar-refractivity contribution in [3.05, 3.63) is 24.0 Å². The van der Waals surface area contributed by atoms with Crippen LogP contribution in [0.4, 0.5) is 10.5 Å². The lowest BCUT2D eigenvalue weighted by molar-refractivity contribution is 0.0635. The maximum atomic E-state index is 11.9. The van der Waals surface area contributed by atoms with Crippen LogP contribution < -0.4 is 10.1 Å². The largest absolute Gasteiger partial charge is 0.492 e. The standard InChI is InChI=1S/C14H19N3O4/c1-14(2,3)21-13(19)16-10-5-6-17-11(12(10)20-4)9(8-18)7-15-17/h5-7,18H,8H2,1-4H3,(H,16,19). The minimum absolute atomic E-state index is 0.171. The van der Waals surface area contributed by atoms with Crippen molar-refractivity contribution in [2.45, 2.75) is 33.0 Å². The Morgan fingerprint density at radius 3 is 2.76 bits per heavy atom. The minimum Gasteiger partial charge on any atom is -0.492 e. The number of methoxy groups -OCH3 is 1. The molecule has 0 unspecified atom stereocenters. The monoisotopic (exact) mass is 293 g/mol. The van der Waals surface area contributed by atoms with E-state index < -0.39 is 11.7 Å². The smallest absolute Gasteiger partial charge is 0.412 e. The number of carbonyl (C=O) groups excluding carboxylic acids is 1. The van der Waals surface area contributed by atoms with Crippen molar-refractivity contribution in [3.8, 4) is 5.75 Å². The Morgan fingerprint density at radius 1 is 1.48 bits per heavy atom. The van der Waals surface area contributed by atoms with Crippen molar-refractivity contribution in [1.82, 2.24) is 9.61 Å². The summed E-state index contributed by atoms with van der Waals surface area (Å²) in [5.41, 5.74) is 1.08. The molecule has 21 heavy (non-hydrogen) atoms. The maximum Gasteiger partial charge on any atom is 0.412 e. The number of amides is 1. The van der Waals surface area contributed by atoms with Crippen LogP contribution in [0.25, 0.3) is 5.52 Å². The fourth-order valence-electron chi connectivity index (χ4n) is 1.94. The lowest BCUT2D eigenvalue weighted by atomic mass is 10.2. The van der Waals surface area contributed by atoms with Gasteiger partial charge in [-0.15, -0.1) is 0 Å². The number of fused-ring (bicyclic) bond motifs is 1. The lowest BCUT2D eigenvalue weighted by Gasteiger charge is -2.20. The van der Waals surface area contributed by atoms with Crippen LogP contribution in [0.1, 0.15) is 26.3 Å². The normalized spacial score (nSPS) is 11.5. The number of nitrogens with one attached hydrogen (secondary N) is 1. The highest BCUT2D eigenvalue weighted by molar-refractivity contribution is 5.90. The molecule has 0 atom stereocenters. The summed E-state index contributed by atoms with van der Waals surface area (Å²) in [5, 5.41) is 16.1. The SMILES string of the molecule is COc1c(NC(=O)OC(C)(C)C)ccn2ncc(CO)c12. The van der Waals surface area contributed by atoms with Crippen molar-refractivity contribution in [2.24, 2.45) is 0 Å². The highest BCUT2D eigenvalue weighted by Gasteiger charge is 2.19. The molecule has 114 valence electrons. The number of aliphatic hydroxyl groups excluding tert-OH is 1. The topological polar surface area (TPSA) is 85.1 Å². The molecule has 0 fully saturated rings. The zero-order valence-corrected chi connectivity index (χ0v) is 12.5. The number of nitrogens with zero attached hydrogens (tertiary/aromatic N) is 2. The van der Waals surface area contributed by atoms with Gasteiger partial charge in [0.25, 0.3) is 0 Å². The number of pyridine rings is 1. The Kier molecular flexibility index (Phi) is 4.04. The molecule has 2 aromatic heterocycles. The molecule has 0 radical (unpaired) electrons. The predicted molar refractivity (Wildman–Crippen MR) is 77.5 cm³/mol. The molecule has 2 heterocycles. The van der Waals surface area contributed by atoms with E-state index in [1.165, 1.54) is 7.11 Å². The van der Waals surface area contributed by atoms with Crippen molar-refractivity contribution < 1.29 is 19.4 Å². The first kappa shape index (κ1) is 15.1. The molecule has 2 aromatic rings. The third-order valence-corrected chi connectivity index (χ3v) is 2.72. The first-order valence-corrected chi connectivity index (χ1v) is 6.50. The van der Waals surface area contributed by atoms with Crippen molar-refractivity contribution in [3.63, 3.8) is 0 Å². The number of aromatic nitrogens is 2. The first-order chi connectivity index (χ1) is 9.85. The summed E-state index contributed by atoms with van der Waals surface area (Å²) in [4.78, 5) is 11.9. The van der Waals surface area contributed by atoms with Gasteiger partial charge in [-0.1, -0.05) is 0 Å². The summed E-state index contributed by atoms with van der Waals surface area (Å²) >= 11 is 0. The van der Waals surface area contributed by atoms with Crippen LogP contribution in [-0.2, 0) is 11.3 Å². The lowest BCUT2D eigenvalue weighted by Crippen LogP contribution is -2.27. The Bertz CT molecular complexity index is 658. The molecule has 0 aromatic carbocycles. The van der Waals surface area contributed by atoms with Crippen molar-refractivity contribution in [2.75, 3.05) is 12.4 Å². The molecule has 7 heteroatoms. The van der Waals surface area contributed by atoms with Gasteiger partial charge in [0.05, 0.1) is 25.6 Å². The number of rotatable bonds is 3. The van der Waals surface area contributed by atoms with Gasteiger partial charge in [-0.25, -0.2) is 9.31 Å². The molecule has 0 aliphatic carbocycles. The van der Waals surface area contributed by atoms with Crippen molar-refractivity contribution >= 4 is 17.3 Å². The van der Waals surface area contributed by atoms with E-state index in [1.807, 2.05) is 0 Å². The summed E-state index contributed by atoms with van der Waals surface area (Å²) in [6.07, 6.45) is 2.65. The van der Waals surface area contributed by atoms with Gasteiger partial charge in [0.2, 0.25) is 0 Å². The van der Waals surface area contributed by atoms with Gasteiger partial charge >= 0.3 is 6.09 Å². The third-order valence-electron chi connectivity index (χ3n) is 2.72. The summed E-state index contributed by atoms with van der Waals surface area (Å²) in [5.74, 6) is 0.421. The minimum atomic E-state index is -0.589. The van der Waals surface area contributed by atoms with Crippen LogP contribution in [0.15, 0.2) is 18.5 Å². The second-order valence-corrected chi connectivity index (χ2v) is 5.51. The summed E-state index contributed by atoms with van der Waals surface area (Å²) in [7, 11) is 1.49. The van der Waals surface area contributed by atoms with Crippen molar-refractivity contribution in [1.29, 1.82) is 0 Å². The van der Waals surface area contributed by atoms with E-state index in [4.69, 9.17) is 9.47 Å². The van der Waals surface area contributed by atoms with E-state index >= 15 is 0 Å². The fraction of sp³-hybridized carbons (Fsp3) is 0.429. The molecule has 0 saturated heterocycles. The number of carbonyl (C=O) groups is 1. The molecule has 1 amide bonds. The molecule has 2 rings (SSSR count). The van der Waals surface area contributed by atoms with Crippen LogP contribution in [0.5, 0.6) is 5.75 Å². The molecule has 0 aliphatic heterocycles. The van der Waals surface area contributed by atoms with Crippen LogP contribution in [-0.4, -0.2) is 33.5 Å². The third kappa shape index (κ3) is 3.25. The summed E-state index contributed by atoms with van der Waals surface area (Å²) in [6.45, 7) is 5.19. The molecule has 0 saturated carbocycles. The zero-order chi connectivity index (χ0) is 15.6. The number of hydrogen-bond donors (Lipinski definition) is 2. The molecule has 0 bridgehead atoms. The number of anilines is 1. The number of ether oxygens (including phenoxy) is 2. The van der Waals surface area contributed by atoms with Crippen LogP contribution in [0.2, 0.25) is 0 Å².